The van der Waals surface area contributed by atoms with Crippen molar-refractivity contribution in [3.63, 3.8) is 0 Å². The van der Waals surface area contributed by atoms with E-state index in [0.717, 1.165) is 11.4 Å². The number of anilines is 1. The number of ether oxygens (including phenoxy) is 2. The van der Waals surface area contributed by atoms with Gasteiger partial charge in [-0.05, 0) is 55.5 Å². The molecule has 2 aromatic rings. The Kier molecular flexibility index (Phi) is 5.06. The number of benzene rings is 2. The average molecular weight is 306 g/mol. The van der Waals surface area contributed by atoms with Gasteiger partial charge in [0.1, 0.15) is 17.5 Å². The molecule has 0 heterocycles. The third-order valence-corrected chi connectivity index (χ3v) is 3.11. The van der Waals surface area contributed by atoms with Gasteiger partial charge in [0.05, 0.1) is 7.11 Å². The fraction of sp³-hybridized carbons (Fsp3) is 0.188. The highest BCUT2D eigenvalue weighted by atomic mass is 35.5. The van der Waals surface area contributed by atoms with Crippen LogP contribution in [0, 0.1) is 0 Å². The van der Waals surface area contributed by atoms with Crippen molar-refractivity contribution in [2.45, 2.75) is 13.0 Å². The maximum absolute atomic E-state index is 12.0. The van der Waals surface area contributed by atoms with Gasteiger partial charge in [0, 0.05) is 10.7 Å². The molecule has 2 rings (SSSR count). The van der Waals surface area contributed by atoms with Crippen molar-refractivity contribution in [1.82, 2.24) is 0 Å². The summed E-state index contributed by atoms with van der Waals surface area (Å²) in [7, 11) is 1.61. The van der Waals surface area contributed by atoms with Gasteiger partial charge in [0.25, 0.3) is 0 Å². The first-order valence-electron chi connectivity index (χ1n) is 6.46. The number of halogens is 1. The zero-order chi connectivity index (χ0) is 15.2. The van der Waals surface area contributed by atoms with Crippen LogP contribution in [-0.2, 0) is 4.79 Å². The van der Waals surface area contributed by atoms with E-state index in [1.165, 1.54) is 0 Å². The number of carbonyl (C=O) groups is 1. The van der Waals surface area contributed by atoms with Crippen LogP contribution in [-0.4, -0.2) is 19.1 Å². The quantitative estimate of drug-likeness (QED) is 0.675. The Labute approximate surface area is 128 Å². The van der Waals surface area contributed by atoms with Crippen molar-refractivity contribution < 1.29 is 14.3 Å². The Morgan fingerprint density at radius 3 is 2.19 bits per heavy atom. The van der Waals surface area contributed by atoms with Gasteiger partial charge in [-0.25, -0.2) is 4.79 Å². The predicted molar refractivity (Wildman–Crippen MR) is 83.2 cm³/mol. The Balaban J connectivity index is 1.93. The maximum atomic E-state index is 12.0. The molecule has 0 aliphatic heterocycles. The zero-order valence-electron chi connectivity index (χ0n) is 11.8. The smallest absolute Gasteiger partial charge is 0.333 e. The van der Waals surface area contributed by atoms with Crippen LogP contribution >= 0.6 is 11.6 Å². The van der Waals surface area contributed by atoms with E-state index in [2.05, 4.69) is 5.32 Å². The van der Waals surface area contributed by atoms with Crippen LogP contribution in [0.2, 0.25) is 5.02 Å². The number of hydrogen-bond donors (Lipinski definition) is 1. The summed E-state index contributed by atoms with van der Waals surface area (Å²) in [5.41, 5.74) is 0.816. The molecule has 0 saturated carbocycles. The molecule has 0 spiro atoms. The molecule has 0 aliphatic carbocycles. The molecule has 1 atom stereocenters. The molecule has 0 amide bonds. The molecule has 4 nitrogen and oxygen atoms in total. The lowest BCUT2D eigenvalue weighted by atomic mass is 10.2. The van der Waals surface area contributed by atoms with Crippen LogP contribution < -0.4 is 14.8 Å². The van der Waals surface area contributed by atoms with E-state index >= 15 is 0 Å². The van der Waals surface area contributed by atoms with E-state index in [4.69, 9.17) is 21.1 Å². The minimum absolute atomic E-state index is 0.367. The summed E-state index contributed by atoms with van der Waals surface area (Å²) in [5.74, 6) is 0.859. The van der Waals surface area contributed by atoms with E-state index in [1.807, 2.05) is 24.3 Å². The molecule has 0 radical (unpaired) electrons. The van der Waals surface area contributed by atoms with Gasteiger partial charge in [-0.15, -0.1) is 0 Å². The van der Waals surface area contributed by atoms with Gasteiger partial charge in [-0.2, -0.15) is 0 Å². The topological polar surface area (TPSA) is 47.6 Å². The molecular weight excluding hydrogens is 290 g/mol. The normalized spacial score (nSPS) is 11.6. The highest BCUT2D eigenvalue weighted by molar-refractivity contribution is 6.30. The predicted octanol–water partition coefficient (Wildman–Crippen LogP) is 3.75. The van der Waals surface area contributed by atoms with E-state index in [0.29, 0.717) is 10.8 Å². The van der Waals surface area contributed by atoms with Crippen molar-refractivity contribution in [1.29, 1.82) is 0 Å². The highest BCUT2D eigenvalue weighted by Crippen LogP contribution is 2.18. The molecule has 0 fully saturated rings. The summed E-state index contributed by atoms with van der Waals surface area (Å²) < 4.78 is 10.3. The first-order valence-corrected chi connectivity index (χ1v) is 6.84. The summed E-state index contributed by atoms with van der Waals surface area (Å²) >= 11 is 5.78. The molecule has 21 heavy (non-hydrogen) atoms. The second-order valence-electron chi connectivity index (χ2n) is 4.47. The molecule has 0 bridgehead atoms. The lowest BCUT2D eigenvalue weighted by Crippen LogP contribution is -2.30. The summed E-state index contributed by atoms with van der Waals surface area (Å²) in [6, 6.07) is 13.5. The molecule has 5 heteroatoms. The summed E-state index contributed by atoms with van der Waals surface area (Å²) in [6.45, 7) is 1.74. The fourth-order valence-corrected chi connectivity index (χ4v) is 1.83. The lowest BCUT2D eigenvalue weighted by molar-refractivity contribution is -0.134. The Morgan fingerprint density at radius 2 is 1.62 bits per heavy atom. The van der Waals surface area contributed by atoms with E-state index in [9.17, 15) is 4.79 Å². The van der Waals surface area contributed by atoms with E-state index in [1.54, 1.807) is 38.3 Å². The van der Waals surface area contributed by atoms with Gasteiger partial charge in [-0.3, -0.25) is 0 Å². The van der Waals surface area contributed by atoms with Crippen molar-refractivity contribution in [3.05, 3.63) is 53.6 Å². The molecule has 0 aromatic heterocycles. The number of carbonyl (C=O) groups excluding carboxylic acids is 1. The van der Waals surface area contributed by atoms with Crippen molar-refractivity contribution >= 4 is 23.3 Å². The largest absolute Gasteiger partial charge is 0.497 e. The van der Waals surface area contributed by atoms with Crippen molar-refractivity contribution in [2.75, 3.05) is 12.4 Å². The van der Waals surface area contributed by atoms with Crippen LogP contribution in [0.25, 0.3) is 0 Å². The van der Waals surface area contributed by atoms with Crippen molar-refractivity contribution in [2.24, 2.45) is 0 Å². The number of hydrogen-bond acceptors (Lipinski definition) is 4. The first-order chi connectivity index (χ1) is 10.1. The van der Waals surface area contributed by atoms with Gasteiger partial charge < -0.3 is 14.8 Å². The average Bonchev–Trinajstić information content (AvgIpc) is 2.50. The minimum Gasteiger partial charge on any atom is -0.497 e. The van der Waals surface area contributed by atoms with Crippen LogP contribution in [0.5, 0.6) is 11.5 Å². The third kappa shape index (κ3) is 4.39. The zero-order valence-corrected chi connectivity index (χ0v) is 12.6. The fourth-order valence-electron chi connectivity index (χ4n) is 1.70. The van der Waals surface area contributed by atoms with Crippen LogP contribution in [0.15, 0.2) is 48.5 Å². The number of methoxy groups -OCH3 is 1. The van der Waals surface area contributed by atoms with Crippen molar-refractivity contribution in [3.8, 4) is 11.5 Å². The minimum atomic E-state index is -0.478. The number of nitrogens with one attached hydrogen (secondary N) is 1. The van der Waals surface area contributed by atoms with Gasteiger partial charge in [-0.1, -0.05) is 11.6 Å². The molecule has 0 aliphatic rings. The first kappa shape index (κ1) is 15.2. The maximum Gasteiger partial charge on any atom is 0.333 e. The molecule has 0 saturated heterocycles. The van der Waals surface area contributed by atoms with Gasteiger partial charge in [0.15, 0.2) is 0 Å². The Morgan fingerprint density at radius 1 is 1.05 bits per heavy atom. The van der Waals surface area contributed by atoms with E-state index < -0.39 is 6.04 Å². The third-order valence-electron chi connectivity index (χ3n) is 2.86. The highest BCUT2D eigenvalue weighted by Gasteiger charge is 2.15. The summed E-state index contributed by atoms with van der Waals surface area (Å²) in [6.07, 6.45) is 0. The molecular formula is C16H16ClNO3. The second kappa shape index (κ2) is 6.99. The summed E-state index contributed by atoms with van der Waals surface area (Å²) in [5, 5.41) is 3.66. The van der Waals surface area contributed by atoms with E-state index in [-0.39, 0.29) is 5.97 Å². The molecule has 1 unspecified atom stereocenters. The number of rotatable bonds is 5. The number of esters is 1. The standard InChI is InChI=1S/C16H16ClNO3/c1-11(18-13-5-9-14(20-2)10-6-13)16(19)21-15-7-3-12(17)4-8-15/h3-11,18H,1-2H3. The molecule has 110 valence electrons. The second-order valence-corrected chi connectivity index (χ2v) is 4.91. The van der Waals surface area contributed by atoms with Crippen LogP contribution in [0.3, 0.4) is 0 Å². The monoisotopic (exact) mass is 305 g/mol. The molecule has 2 aromatic carbocycles. The summed E-state index contributed by atoms with van der Waals surface area (Å²) in [4.78, 5) is 12.0. The van der Waals surface area contributed by atoms with Gasteiger partial charge in [0.2, 0.25) is 0 Å². The molecule has 1 N–H and O–H groups in total. The Bertz CT molecular complexity index is 596. The van der Waals surface area contributed by atoms with Crippen LogP contribution in [0.4, 0.5) is 5.69 Å². The Hall–Kier alpha value is -2.20. The lowest BCUT2D eigenvalue weighted by Gasteiger charge is -2.14. The van der Waals surface area contributed by atoms with Gasteiger partial charge >= 0.3 is 5.97 Å². The SMILES string of the molecule is COc1ccc(NC(C)C(=O)Oc2ccc(Cl)cc2)cc1. The van der Waals surface area contributed by atoms with Crippen LogP contribution in [0.1, 0.15) is 6.92 Å².